The Balaban J connectivity index is 0.00000144. The lowest BCUT2D eigenvalue weighted by Crippen LogP contribution is -2.55. The molecule has 0 aliphatic carbocycles. The predicted octanol–water partition coefficient (Wildman–Crippen LogP) is -0.0549. The Morgan fingerprint density at radius 2 is 2.00 bits per heavy atom. The molecule has 3 N–H and O–H groups in total. The lowest BCUT2D eigenvalue weighted by Gasteiger charge is -2.27. The quantitative estimate of drug-likeness (QED) is 0.653. The Labute approximate surface area is 108 Å². The number of halogens is 1. The first-order valence-electron chi connectivity index (χ1n) is 6.09. The van der Waals surface area contributed by atoms with Crippen LogP contribution < -0.4 is 16.0 Å². The van der Waals surface area contributed by atoms with E-state index >= 15 is 0 Å². The zero-order valence-electron chi connectivity index (χ0n) is 9.83. The van der Waals surface area contributed by atoms with Gasteiger partial charge in [-0.15, -0.1) is 12.4 Å². The van der Waals surface area contributed by atoms with E-state index in [-0.39, 0.29) is 36.3 Å². The monoisotopic (exact) mass is 261 g/mol. The van der Waals surface area contributed by atoms with Crippen molar-refractivity contribution < 1.29 is 9.59 Å². The topological polar surface area (TPSA) is 70.2 Å². The van der Waals surface area contributed by atoms with Crippen molar-refractivity contribution in [3.8, 4) is 0 Å². The third-order valence-corrected chi connectivity index (χ3v) is 3.23. The van der Waals surface area contributed by atoms with Crippen LogP contribution in [-0.4, -0.2) is 37.0 Å². The first-order valence-corrected chi connectivity index (χ1v) is 6.09. The molecule has 2 saturated heterocycles. The summed E-state index contributed by atoms with van der Waals surface area (Å²) in [6, 6.07) is -0.437. The fourth-order valence-corrected chi connectivity index (χ4v) is 2.26. The second-order valence-corrected chi connectivity index (χ2v) is 4.50. The molecule has 2 rings (SSSR count). The van der Waals surface area contributed by atoms with Gasteiger partial charge in [-0.05, 0) is 32.2 Å². The Morgan fingerprint density at radius 1 is 1.18 bits per heavy atom. The predicted molar refractivity (Wildman–Crippen MR) is 67.1 cm³/mol. The maximum absolute atomic E-state index is 11.9. The summed E-state index contributed by atoms with van der Waals surface area (Å²) in [5.74, 6) is -0.0721. The van der Waals surface area contributed by atoms with Crippen LogP contribution in [0.2, 0.25) is 0 Å². The third kappa shape index (κ3) is 3.85. The maximum atomic E-state index is 11.9. The molecule has 2 amide bonds. The highest BCUT2D eigenvalue weighted by Crippen LogP contribution is 2.09. The summed E-state index contributed by atoms with van der Waals surface area (Å²) >= 11 is 0. The van der Waals surface area contributed by atoms with Crippen LogP contribution >= 0.6 is 12.4 Å². The van der Waals surface area contributed by atoms with E-state index in [2.05, 4.69) is 16.0 Å². The Bertz CT molecular complexity index is 280. The van der Waals surface area contributed by atoms with E-state index in [1.807, 2.05) is 0 Å². The lowest BCUT2D eigenvalue weighted by molar-refractivity contribution is -0.131. The van der Waals surface area contributed by atoms with Crippen molar-refractivity contribution in [1.29, 1.82) is 0 Å². The van der Waals surface area contributed by atoms with Crippen LogP contribution in [0.4, 0.5) is 0 Å². The van der Waals surface area contributed by atoms with Gasteiger partial charge in [-0.25, -0.2) is 0 Å². The molecular formula is C11H20ClN3O2. The second kappa shape index (κ2) is 6.81. The van der Waals surface area contributed by atoms with Gasteiger partial charge in [0, 0.05) is 6.54 Å². The molecule has 2 fully saturated rings. The van der Waals surface area contributed by atoms with Crippen molar-refractivity contribution in [2.45, 2.75) is 44.2 Å². The fraction of sp³-hybridized carbons (Fsp3) is 0.818. The number of hydrogen-bond acceptors (Lipinski definition) is 3. The van der Waals surface area contributed by atoms with Crippen molar-refractivity contribution in [2.75, 3.05) is 13.1 Å². The van der Waals surface area contributed by atoms with E-state index < -0.39 is 0 Å². The lowest BCUT2D eigenvalue weighted by atomic mass is 10.0. The molecule has 2 heterocycles. The van der Waals surface area contributed by atoms with E-state index in [0.29, 0.717) is 0 Å². The zero-order chi connectivity index (χ0) is 11.4. The van der Waals surface area contributed by atoms with Gasteiger partial charge >= 0.3 is 0 Å². The summed E-state index contributed by atoms with van der Waals surface area (Å²) in [6.07, 6.45) is 4.79. The molecule has 2 atom stereocenters. The average molecular weight is 262 g/mol. The minimum Gasteiger partial charge on any atom is -0.354 e. The smallest absolute Gasteiger partial charge is 0.242 e. The zero-order valence-corrected chi connectivity index (χ0v) is 10.6. The van der Waals surface area contributed by atoms with Crippen LogP contribution in [0.25, 0.3) is 0 Å². The van der Waals surface area contributed by atoms with E-state index in [9.17, 15) is 9.59 Å². The molecule has 0 spiro atoms. The average Bonchev–Trinajstić information content (AvgIpc) is 2.33. The Hall–Kier alpha value is -0.810. The second-order valence-electron chi connectivity index (χ2n) is 4.50. The molecule has 6 heteroatoms. The van der Waals surface area contributed by atoms with E-state index in [4.69, 9.17) is 0 Å². The van der Waals surface area contributed by atoms with Gasteiger partial charge in [0.15, 0.2) is 0 Å². The molecule has 0 aromatic carbocycles. The van der Waals surface area contributed by atoms with Crippen LogP contribution in [-0.2, 0) is 9.59 Å². The van der Waals surface area contributed by atoms with Crippen molar-refractivity contribution in [1.82, 2.24) is 16.0 Å². The number of piperidine rings is 2. The van der Waals surface area contributed by atoms with Crippen molar-refractivity contribution >= 4 is 24.2 Å². The molecule has 2 aliphatic heterocycles. The van der Waals surface area contributed by atoms with Crippen LogP contribution in [0.1, 0.15) is 32.1 Å². The van der Waals surface area contributed by atoms with Gasteiger partial charge in [-0.2, -0.15) is 0 Å². The molecule has 0 radical (unpaired) electrons. The van der Waals surface area contributed by atoms with Crippen LogP contribution in [0.15, 0.2) is 0 Å². The van der Waals surface area contributed by atoms with Crippen molar-refractivity contribution in [2.24, 2.45) is 0 Å². The minimum atomic E-state index is -0.329. The highest BCUT2D eigenvalue weighted by atomic mass is 35.5. The molecule has 0 saturated carbocycles. The Morgan fingerprint density at radius 3 is 2.65 bits per heavy atom. The summed E-state index contributed by atoms with van der Waals surface area (Å²) in [5, 5.41) is 8.77. The number of carbonyl (C=O) groups excluding carboxylic acids is 2. The van der Waals surface area contributed by atoms with Gasteiger partial charge < -0.3 is 16.0 Å². The van der Waals surface area contributed by atoms with Crippen LogP contribution in [0.5, 0.6) is 0 Å². The molecule has 5 nitrogen and oxygen atoms in total. The number of amides is 2. The standard InChI is InChI=1S/C11H19N3O2.ClH/c15-10-9(5-3-7-13-10)14-11(16)8-4-1-2-6-12-8;/h8-9,12H,1-7H2,(H,13,15)(H,14,16);1H/t8-,9?;/m0./s1. The summed E-state index contributed by atoms with van der Waals surface area (Å²) in [7, 11) is 0. The fourth-order valence-electron chi connectivity index (χ4n) is 2.26. The van der Waals surface area contributed by atoms with Crippen LogP contribution in [0, 0.1) is 0 Å². The molecule has 17 heavy (non-hydrogen) atoms. The highest BCUT2D eigenvalue weighted by molar-refractivity contribution is 5.90. The molecule has 1 unspecified atom stereocenters. The number of nitrogens with one attached hydrogen (secondary N) is 3. The minimum absolute atomic E-state index is 0. The van der Waals surface area contributed by atoms with Gasteiger partial charge in [0.2, 0.25) is 11.8 Å². The molecule has 0 aromatic rings. The highest BCUT2D eigenvalue weighted by Gasteiger charge is 2.27. The van der Waals surface area contributed by atoms with Gasteiger partial charge in [-0.3, -0.25) is 9.59 Å². The number of carbonyl (C=O) groups is 2. The first-order chi connectivity index (χ1) is 7.77. The molecule has 2 aliphatic rings. The molecule has 0 aromatic heterocycles. The van der Waals surface area contributed by atoms with Crippen molar-refractivity contribution in [3.05, 3.63) is 0 Å². The third-order valence-electron chi connectivity index (χ3n) is 3.23. The first kappa shape index (κ1) is 14.3. The SMILES string of the molecule is Cl.O=C1NCCCC1NC(=O)[C@@H]1CCCCN1. The van der Waals surface area contributed by atoms with E-state index in [0.717, 1.165) is 45.2 Å². The van der Waals surface area contributed by atoms with Gasteiger partial charge in [0.05, 0.1) is 6.04 Å². The summed E-state index contributed by atoms with van der Waals surface area (Å²) in [4.78, 5) is 23.3. The number of hydrogen-bond donors (Lipinski definition) is 3. The summed E-state index contributed by atoms with van der Waals surface area (Å²) < 4.78 is 0. The molecule has 0 bridgehead atoms. The van der Waals surface area contributed by atoms with E-state index in [1.165, 1.54) is 0 Å². The summed E-state index contributed by atoms with van der Waals surface area (Å²) in [6.45, 7) is 1.63. The molecule has 98 valence electrons. The van der Waals surface area contributed by atoms with Gasteiger partial charge in [-0.1, -0.05) is 6.42 Å². The van der Waals surface area contributed by atoms with Gasteiger partial charge in [0.25, 0.3) is 0 Å². The van der Waals surface area contributed by atoms with Crippen LogP contribution in [0.3, 0.4) is 0 Å². The Kier molecular flexibility index (Phi) is 5.71. The maximum Gasteiger partial charge on any atom is 0.242 e. The van der Waals surface area contributed by atoms with E-state index in [1.54, 1.807) is 0 Å². The van der Waals surface area contributed by atoms with Gasteiger partial charge in [0.1, 0.15) is 6.04 Å². The largest absolute Gasteiger partial charge is 0.354 e. The van der Waals surface area contributed by atoms with Crippen molar-refractivity contribution in [3.63, 3.8) is 0 Å². The normalized spacial score (nSPS) is 28.8. The number of rotatable bonds is 2. The summed E-state index contributed by atoms with van der Waals surface area (Å²) in [5.41, 5.74) is 0. The molecular weight excluding hydrogens is 242 g/mol.